The zero-order valence-corrected chi connectivity index (χ0v) is 13.6. The number of piperidine rings is 1. The lowest BCUT2D eigenvalue weighted by atomic mass is 9.77. The summed E-state index contributed by atoms with van der Waals surface area (Å²) in [5.41, 5.74) is -1.93. The SMILES string of the molecule is O=C(NCC1CC2(CCNCC2)CO1)c1cccc(C(F)(F)F)c1F. The van der Waals surface area contributed by atoms with Crippen LogP contribution >= 0.6 is 0 Å². The highest BCUT2D eigenvalue weighted by atomic mass is 19.4. The summed E-state index contributed by atoms with van der Waals surface area (Å²) in [5.74, 6) is -2.41. The van der Waals surface area contributed by atoms with Gasteiger partial charge in [0.1, 0.15) is 5.82 Å². The van der Waals surface area contributed by atoms with Gasteiger partial charge in [0, 0.05) is 6.54 Å². The van der Waals surface area contributed by atoms with Gasteiger partial charge < -0.3 is 15.4 Å². The fourth-order valence-electron chi connectivity index (χ4n) is 3.56. The van der Waals surface area contributed by atoms with Crippen molar-refractivity contribution in [1.82, 2.24) is 10.6 Å². The highest BCUT2D eigenvalue weighted by Gasteiger charge is 2.41. The Hall–Kier alpha value is -1.67. The highest BCUT2D eigenvalue weighted by molar-refractivity contribution is 5.94. The van der Waals surface area contributed by atoms with Crippen LogP contribution < -0.4 is 10.6 Å². The topological polar surface area (TPSA) is 50.4 Å². The molecule has 2 N–H and O–H groups in total. The van der Waals surface area contributed by atoms with Gasteiger partial charge >= 0.3 is 6.18 Å². The summed E-state index contributed by atoms with van der Waals surface area (Å²) in [6, 6.07) is 2.69. The predicted molar refractivity (Wildman–Crippen MR) is 82.6 cm³/mol. The van der Waals surface area contributed by atoms with Gasteiger partial charge in [0.2, 0.25) is 0 Å². The normalized spacial score (nSPS) is 23.0. The van der Waals surface area contributed by atoms with E-state index < -0.39 is 29.0 Å². The number of rotatable bonds is 3. The number of ether oxygens (including phenoxy) is 1. The zero-order chi connectivity index (χ0) is 18.1. The minimum absolute atomic E-state index is 0.113. The molecule has 1 amide bonds. The van der Waals surface area contributed by atoms with Gasteiger partial charge in [-0.05, 0) is 49.9 Å². The molecule has 0 aromatic heterocycles. The molecule has 8 heteroatoms. The number of alkyl halides is 3. The van der Waals surface area contributed by atoms with Crippen molar-refractivity contribution in [3.63, 3.8) is 0 Å². The lowest BCUT2D eigenvalue weighted by molar-refractivity contribution is -0.140. The molecular formula is C17H20F4N2O2. The second-order valence-electron chi connectivity index (χ2n) is 6.76. The van der Waals surface area contributed by atoms with Crippen LogP contribution in [0.3, 0.4) is 0 Å². The first-order chi connectivity index (χ1) is 11.8. The molecule has 4 nitrogen and oxygen atoms in total. The second kappa shape index (κ2) is 6.92. The molecule has 0 saturated carbocycles. The smallest absolute Gasteiger partial charge is 0.376 e. The van der Waals surface area contributed by atoms with Crippen molar-refractivity contribution in [2.45, 2.75) is 31.5 Å². The monoisotopic (exact) mass is 360 g/mol. The van der Waals surface area contributed by atoms with E-state index in [0.29, 0.717) is 12.7 Å². The van der Waals surface area contributed by atoms with Gasteiger partial charge in [-0.15, -0.1) is 0 Å². The fourth-order valence-corrected chi connectivity index (χ4v) is 3.56. The summed E-state index contributed by atoms with van der Waals surface area (Å²) in [5, 5.41) is 5.78. The minimum atomic E-state index is -4.84. The Balaban J connectivity index is 1.60. The van der Waals surface area contributed by atoms with Gasteiger partial charge in [0.25, 0.3) is 5.91 Å². The molecule has 1 aromatic rings. The van der Waals surface area contributed by atoms with E-state index >= 15 is 0 Å². The molecule has 0 radical (unpaired) electrons. The zero-order valence-electron chi connectivity index (χ0n) is 13.6. The van der Waals surface area contributed by atoms with E-state index in [1.165, 1.54) is 0 Å². The molecule has 0 aliphatic carbocycles. The van der Waals surface area contributed by atoms with Crippen LogP contribution in [-0.2, 0) is 10.9 Å². The molecule has 1 aromatic carbocycles. The molecule has 2 aliphatic rings. The predicted octanol–water partition coefficient (Wildman–Crippen LogP) is 2.73. The Morgan fingerprint density at radius 3 is 2.72 bits per heavy atom. The first kappa shape index (κ1) is 18.1. The lowest BCUT2D eigenvalue weighted by Crippen LogP contribution is -2.38. The number of carbonyl (C=O) groups is 1. The first-order valence-corrected chi connectivity index (χ1v) is 8.27. The van der Waals surface area contributed by atoms with Crippen LogP contribution in [0.5, 0.6) is 0 Å². The molecular weight excluding hydrogens is 340 g/mol. The first-order valence-electron chi connectivity index (χ1n) is 8.27. The van der Waals surface area contributed by atoms with E-state index in [1.807, 2.05) is 0 Å². The van der Waals surface area contributed by atoms with Crippen LogP contribution in [0.2, 0.25) is 0 Å². The van der Waals surface area contributed by atoms with Crippen molar-refractivity contribution >= 4 is 5.91 Å². The van der Waals surface area contributed by atoms with Crippen LogP contribution in [0, 0.1) is 11.2 Å². The molecule has 1 unspecified atom stereocenters. The van der Waals surface area contributed by atoms with Crippen LogP contribution in [0.25, 0.3) is 0 Å². The van der Waals surface area contributed by atoms with Gasteiger partial charge in [-0.2, -0.15) is 13.2 Å². The maximum atomic E-state index is 14.0. The number of nitrogens with one attached hydrogen (secondary N) is 2. The van der Waals surface area contributed by atoms with Gasteiger partial charge in [-0.25, -0.2) is 4.39 Å². The summed E-state index contributed by atoms with van der Waals surface area (Å²) >= 11 is 0. The van der Waals surface area contributed by atoms with E-state index in [-0.39, 0.29) is 18.1 Å². The molecule has 3 rings (SSSR count). The summed E-state index contributed by atoms with van der Waals surface area (Å²) in [6.45, 7) is 2.63. The van der Waals surface area contributed by atoms with Gasteiger partial charge in [0.15, 0.2) is 0 Å². The number of amides is 1. The number of hydrogen-bond donors (Lipinski definition) is 2. The molecule has 2 heterocycles. The number of benzene rings is 1. The van der Waals surface area contributed by atoms with Crippen molar-refractivity contribution in [2.75, 3.05) is 26.2 Å². The van der Waals surface area contributed by atoms with E-state index in [2.05, 4.69) is 10.6 Å². The summed E-state index contributed by atoms with van der Waals surface area (Å²) in [7, 11) is 0. The summed E-state index contributed by atoms with van der Waals surface area (Å²) in [4.78, 5) is 12.1. The lowest BCUT2D eigenvalue weighted by Gasteiger charge is -2.32. The molecule has 138 valence electrons. The van der Waals surface area contributed by atoms with Gasteiger partial charge in [-0.1, -0.05) is 6.07 Å². The van der Waals surface area contributed by atoms with Crippen LogP contribution in [0.1, 0.15) is 35.2 Å². The Bertz CT molecular complexity index is 642. The van der Waals surface area contributed by atoms with Crippen molar-refractivity contribution < 1.29 is 27.1 Å². The third-order valence-electron chi connectivity index (χ3n) is 4.99. The third kappa shape index (κ3) is 3.95. The van der Waals surface area contributed by atoms with Crippen molar-refractivity contribution in [2.24, 2.45) is 5.41 Å². The van der Waals surface area contributed by atoms with Gasteiger partial charge in [0.05, 0.1) is 23.8 Å². The maximum Gasteiger partial charge on any atom is 0.419 e. The summed E-state index contributed by atoms with van der Waals surface area (Å²) in [6.07, 6.45) is -2.24. The van der Waals surface area contributed by atoms with Crippen molar-refractivity contribution in [3.8, 4) is 0 Å². The van der Waals surface area contributed by atoms with Crippen molar-refractivity contribution in [3.05, 3.63) is 35.1 Å². The number of hydrogen-bond acceptors (Lipinski definition) is 3. The molecule has 1 atom stereocenters. The third-order valence-corrected chi connectivity index (χ3v) is 4.99. The van der Waals surface area contributed by atoms with E-state index in [4.69, 9.17) is 4.74 Å². The highest BCUT2D eigenvalue weighted by Crippen LogP contribution is 2.40. The Morgan fingerprint density at radius 2 is 2.04 bits per heavy atom. The molecule has 2 aliphatic heterocycles. The standard InChI is InChI=1S/C17H20F4N2O2/c18-14-12(2-1-3-13(14)17(19,20)21)15(24)23-9-11-8-16(10-25-11)4-6-22-7-5-16/h1-3,11,22H,4-10H2,(H,23,24). The molecule has 2 fully saturated rings. The Kier molecular flexibility index (Phi) is 5.02. The Morgan fingerprint density at radius 1 is 1.32 bits per heavy atom. The number of carbonyl (C=O) groups excluding carboxylic acids is 1. The average molecular weight is 360 g/mol. The average Bonchev–Trinajstić information content (AvgIpc) is 2.95. The fraction of sp³-hybridized carbons (Fsp3) is 0.588. The van der Waals surface area contributed by atoms with Crippen LogP contribution in [0.15, 0.2) is 18.2 Å². The Labute approximate surface area is 142 Å². The molecule has 2 saturated heterocycles. The van der Waals surface area contributed by atoms with Crippen LogP contribution in [0.4, 0.5) is 17.6 Å². The van der Waals surface area contributed by atoms with E-state index in [1.54, 1.807) is 0 Å². The van der Waals surface area contributed by atoms with Crippen LogP contribution in [-0.4, -0.2) is 38.3 Å². The molecule has 25 heavy (non-hydrogen) atoms. The van der Waals surface area contributed by atoms with E-state index in [0.717, 1.165) is 44.5 Å². The largest absolute Gasteiger partial charge is 0.419 e. The maximum absolute atomic E-state index is 14.0. The summed E-state index contributed by atoms with van der Waals surface area (Å²) < 4.78 is 57.9. The second-order valence-corrected chi connectivity index (χ2v) is 6.76. The van der Waals surface area contributed by atoms with E-state index in [9.17, 15) is 22.4 Å². The molecule has 1 spiro atoms. The minimum Gasteiger partial charge on any atom is -0.376 e. The number of halogens is 4. The molecule has 0 bridgehead atoms. The van der Waals surface area contributed by atoms with Gasteiger partial charge in [-0.3, -0.25) is 4.79 Å². The quantitative estimate of drug-likeness (QED) is 0.815. The van der Waals surface area contributed by atoms with Crippen molar-refractivity contribution in [1.29, 1.82) is 0 Å².